The van der Waals surface area contributed by atoms with E-state index in [2.05, 4.69) is 82.7 Å². The molecule has 2 aromatic heterocycles. The van der Waals surface area contributed by atoms with Gasteiger partial charge in [-0.15, -0.1) is 0 Å². The number of para-hydroxylation sites is 4. The van der Waals surface area contributed by atoms with Crippen molar-refractivity contribution in [1.82, 2.24) is 9.55 Å². The predicted molar refractivity (Wildman–Crippen MR) is 152 cm³/mol. The number of hydrogen-bond donors (Lipinski definition) is 0. The Hall–Kier alpha value is -3.60. The van der Waals surface area contributed by atoms with Crippen LogP contribution in [-0.2, 0) is 4.32 Å². The second kappa shape index (κ2) is 8.22. The van der Waals surface area contributed by atoms with E-state index in [1.54, 1.807) is 0 Å². The van der Waals surface area contributed by atoms with Gasteiger partial charge in [0.2, 0.25) is 5.28 Å². The average molecular weight is 552 g/mol. The van der Waals surface area contributed by atoms with Gasteiger partial charge in [0.25, 0.3) is 0 Å². The Morgan fingerprint density at radius 3 is 2.47 bits per heavy atom. The maximum atomic E-state index is 6.62. The first kappa shape index (κ1) is 21.7. The normalized spacial score (nSPS) is 17.8. The lowest BCUT2D eigenvalue weighted by Crippen LogP contribution is -2.16. The summed E-state index contributed by atoms with van der Waals surface area (Å²) in [6.07, 6.45) is 7.43. The first-order valence-corrected chi connectivity index (χ1v) is 13.0. The van der Waals surface area contributed by atoms with E-state index in [9.17, 15) is 0 Å². The molecule has 0 saturated carbocycles. The van der Waals surface area contributed by atoms with Crippen LogP contribution in [-0.4, -0.2) is 9.55 Å². The number of imidazole rings is 1. The second-order valence-corrected chi connectivity index (χ2v) is 10.8. The van der Waals surface area contributed by atoms with Crippen LogP contribution in [0.3, 0.4) is 0 Å². The molecule has 0 bridgehead atoms. The van der Waals surface area contributed by atoms with Crippen LogP contribution >= 0.6 is 27.5 Å². The molecule has 2 heterocycles. The van der Waals surface area contributed by atoms with Crippen LogP contribution in [0.4, 0.5) is 0 Å². The molecule has 6 aromatic rings. The summed E-state index contributed by atoms with van der Waals surface area (Å²) in [5, 5.41) is 2.73. The number of nitrogens with zero attached hydrogens (tertiary/aromatic N) is 2. The molecular weight excluding hydrogens is 532 g/mol. The first-order valence-electron chi connectivity index (χ1n) is 11.8. The minimum absolute atomic E-state index is 0.362. The summed E-state index contributed by atoms with van der Waals surface area (Å²) in [4.78, 5) is 4.75. The van der Waals surface area contributed by atoms with Crippen molar-refractivity contribution in [1.29, 1.82) is 0 Å². The fourth-order valence-electron chi connectivity index (χ4n) is 5.22. The zero-order valence-electron chi connectivity index (χ0n) is 19.2. The first-order chi connectivity index (χ1) is 17.6. The topological polar surface area (TPSA) is 31.0 Å². The van der Waals surface area contributed by atoms with Crippen molar-refractivity contribution in [2.24, 2.45) is 0 Å². The Kier molecular flexibility index (Phi) is 4.95. The van der Waals surface area contributed by atoms with Crippen molar-refractivity contribution >= 4 is 66.1 Å². The monoisotopic (exact) mass is 550 g/mol. The number of benzene rings is 4. The van der Waals surface area contributed by atoms with Crippen LogP contribution in [0.15, 0.2) is 114 Å². The molecule has 3 nitrogen and oxygen atoms in total. The molecule has 5 heteroatoms. The lowest BCUT2D eigenvalue weighted by atomic mass is 9.87. The van der Waals surface area contributed by atoms with E-state index in [0.717, 1.165) is 61.8 Å². The van der Waals surface area contributed by atoms with Gasteiger partial charge < -0.3 is 4.42 Å². The molecule has 1 aliphatic rings. The van der Waals surface area contributed by atoms with Crippen molar-refractivity contribution < 1.29 is 4.42 Å². The van der Waals surface area contributed by atoms with Crippen molar-refractivity contribution in [3.05, 3.63) is 126 Å². The lowest BCUT2D eigenvalue weighted by Gasteiger charge is -2.27. The second-order valence-electron chi connectivity index (χ2n) is 9.06. The van der Waals surface area contributed by atoms with Crippen molar-refractivity contribution in [3.8, 4) is 5.69 Å². The molecule has 0 fully saturated rings. The van der Waals surface area contributed by atoms with Crippen LogP contribution in [0.25, 0.3) is 44.2 Å². The Bertz CT molecular complexity index is 1850. The summed E-state index contributed by atoms with van der Waals surface area (Å²) in [5.41, 5.74) is 8.02. The summed E-state index contributed by atoms with van der Waals surface area (Å²) in [6, 6.07) is 30.9. The highest BCUT2D eigenvalue weighted by Crippen LogP contribution is 2.46. The summed E-state index contributed by atoms with van der Waals surface area (Å²) in [6.45, 7) is 0. The third-order valence-electron chi connectivity index (χ3n) is 6.97. The fraction of sp³-hybridized carbons (Fsp3) is 0.0645. The number of halogens is 2. The molecule has 36 heavy (non-hydrogen) atoms. The van der Waals surface area contributed by atoms with E-state index in [-0.39, 0.29) is 4.32 Å². The highest BCUT2D eigenvalue weighted by atomic mass is 79.9. The van der Waals surface area contributed by atoms with Gasteiger partial charge in [0.15, 0.2) is 0 Å². The Morgan fingerprint density at radius 1 is 0.861 bits per heavy atom. The van der Waals surface area contributed by atoms with Gasteiger partial charge in [0.1, 0.15) is 11.2 Å². The van der Waals surface area contributed by atoms with Crippen LogP contribution in [0.2, 0.25) is 5.28 Å². The third kappa shape index (κ3) is 3.29. The number of furan rings is 1. The molecule has 0 spiro atoms. The summed E-state index contributed by atoms with van der Waals surface area (Å²) < 4.78 is 7.95. The lowest BCUT2D eigenvalue weighted by molar-refractivity contribution is 0.653. The standard InChI is InChI=1S/C31H20BrClN2O/c32-31(25-13-6-12-24-23-10-4-5-15-27(23)36-29(24)25)18-16-20(17-19-31)22-11-7-14-26-28(22)34-30(33)35(26)21-8-2-1-3-9-21/h1-18H,19H2. The molecule has 0 N–H and O–H groups in total. The minimum atomic E-state index is -0.362. The number of aromatic nitrogens is 2. The Morgan fingerprint density at radius 2 is 1.64 bits per heavy atom. The predicted octanol–water partition coefficient (Wildman–Crippen LogP) is 9.21. The smallest absolute Gasteiger partial charge is 0.208 e. The van der Waals surface area contributed by atoms with Gasteiger partial charge in [0, 0.05) is 27.6 Å². The Labute approximate surface area is 221 Å². The molecule has 1 aliphatic carbocycles. The number of rotatable bonds is 3. The van der Waals surface area contributed by atoms with Crippen LogP contribution < -0.4 is 0 Å². The summed E-state index contributed by atoms with van der Waals surface area (Å²) in [7, 11) is 0. The number of allylic oxidation sites excluding steroid dienone is 4. The van der Waals surface area contributed by atoms with Gasteiger partial charge >= 0.3 is 0 Å². The van der Waals surface area contributed by atoms with E-state index in [1.165, 1.54) is 0 Å². The number of alkyl halides is 1. The zero-order chi connectivity index (χ0) is 24.3. The summed E-state index contributed by atoms with van der Waals surface area (Å²) >= 11 is 10.7. The molecule has 1 unspecified atom stereocenters. The van der Waals surface area contributed by atoms with Crippen molar-refractivity contribution in [2.75, 3.05) is 0 Å². The largest absolute Gasteiger partial charge is 0.456 e. The van der Waals surface area contributed by atoms with E-state index in [0.29, 0.717) is 5.28 Å². The maximum absolute atomic E-state index is 6.62. The van der Waals surface area contributed by atoms with Crippen LogP contribution in [0, 0.1) is 0 Å². The van der Waals surface area contributed by atoms with Gasteiger partial charge in [-0.05, 0) is 47.9 Å². The van der Waals surface area contributed by atoms with Crippen molar-refractivity contribution in [3.63, 3.8) is 0 Å². The maximum Gasteiger partial charge on any atom is 0.208 e. The van der Waals surface area contributed by atoms with Gasteiger partial charge in [0.05, 0.1) is 15.4 Å². The third-order valence-corrected chi connectivity index (χ3v) is 8.24. The summed E-state index contributed by atoms with van der Waals surface area (Å²) in [5.74, 6) is 0. The molecule has 7 rings (SSSR count). The molecular formula is C31H20BrClN2O. The SMILES string of the molecule is Clc1nc2c(C3=CCC(Br)(c4cccc5c4oc4ccccc45)C=C3)cccc2n1-c1ccccc1. The van der Waals surface area contributed by atoms with Gasteiger partial charge in [-0.25, -0.2) is 4.98 Å². The van der Waals surface area contributed by atoms with Crippen LogP contribution in [0.5, 0.6) is 0 Å². The van der Waals surface area contributed by atoms with Gasteiger partial charge in [-0.3, -0.25) is 4.57 Å². The highest BCUT2D eigenvalue weighted by Gasteiger charge is 2.31. The van der Waals surface area contributed by atoms with Crippen molar-refractivity contribution in [2.45, 2.75) is 10.7 Å². The molecule has 4 aromatic carbocycles. The average Bonchev–Trinajstić information content (AvgIpc) is 3.46. The van der Waals surface area contributed by atoms with Gasteiger partial charge in [-0.2, -0.15) is 0 Å². The minimum Gasteiger partial charge on any atom is -0.456 e. The molecule has 174 valence electrons. The quantitative estimate of drug-likeness (QED) is 0.205. The van der Waals surface area contributed by atoms with E-state index < -0.39 is 0 Å². The molecule has 0 aliphatic heterocycles. The molecule has 0 radical (unpaired) electrons. The van der Waals surface area contributed by atoms with E-state index >= 15 is 0 Å². The van der Waals surface area contributed by atoms with E-state index in [4.69, 9.17) is 21.0 Å². The number of hydrogen-bond acceptors (Lipinski definition) is 2. The zero-order valence-corrected chi connectivity index (χ0v) is 21.5. The van der Waals surface area contributed by atoms with Gasteiger partial charge in [-0.1, -0.05) is 101 Å². The van der Waals surface area contributed by atoms with E-state index in [1.807, 2.05) is 47.0 Å². The fourth-order valence-corrected chi connectivity index (χ4v) is 6.10. The molecule has 1 atom stereocenters. The molecule has 0 saturated heterocycles. The number of fused-ring (bicyclic) bond motifs is 4. The molecule has 0 amide bonds. The van der Waals surface area contributed by atoms with Crippen LogP contribution in [0.1, 0.15) is 17.5 Å². The highest BCUT2D eigenvalue weighted by molar-refractivity contribution is 9.09. The Balaban J connectivity index is 1.30.